The van der Waals surface area contributed by atoms with E-state index in [0.717, 1.165) is 11.1 Å². The molecule has 0 bridgehead atoms. The second kappa shape index (κ2) is 7.84. The van der Waals surface area contributed by atoms with Crippen molar-refractivity contribution in [1.82, 2.24) is 9.97 Å². The number of nitrogens with zero attached hydrogens (tertiary/aromatic N) is 1. The number of benzene rings is 1. The molecule has 3 rings (SSSR count). The molecule has 0 aliphatic heterocycles. The van der Waals surface area contributed by atoms with Gasteiger partial charge in [0.05, 0.1) is 17.7 Å². The Labute approximate surface area is 153 Å². The summed E-state index contributed by atoms with van der Waals surface area (Å²) < 4.78 is 4.99. The summed E-state index contributed by atoms with van der Waals surface area (Å²) in [6.07, 6.45) is 0. The van der Waals surface area contributed by atoms with E-state index in [1.54, 1.807) is 13.8 Å². The topological polar surface area (TPSA) is 72.0 Å². The Hall–Kier alpha value is -2.12. The van der Waals surface area contributed by atoms with Crippen LogP contribution in [0.3, 0.4) is 0 Å². The van der Waals surface area contributed by atoms with E-state index in [2.05, 4.69) is 9.97 Å². The lowest BCUT2D eigenvalue weighted by Gasteiger charge is -2.09. The number of aromatic amines is 1. The minimum absolute atomic E-state index is 0.149. The SMILES string of the molecule is CCOC(=O)[C@H](C)SCc1nc2scc(-c3ccccc3)c2c(=O)[nH]1. The first-order chi connectivity index (χ1) is 12.1. The molecule has 130 valence electrons. The highest BCUT2D eigenvalue weighted by atomic mass is 32.2. The Morgan fingerprint density at radius 3 is 2.84 bits per heavy atom. The van der Waals surface area contributed by atoms with Gasteiger partial charge < -0.3 is 9.72 Å². The molecule has 0 amide bonds. The molecule has 1 atom stereocenters. The second-order valence-corrected chi connectivity index (χ2v) is 7.60. The molecule has 0 aliphatic rings. The van der Waals surface area contributed by atoms with Gasteiger partial charge in [0.25, 0.3) is 5.56 Å². The maximum absolute atomic E-state index is 12.5. The summed E-state index contributed by atoms with van der Waals surface area (Å²) in [5.74, 6) is 0.766. The number of thiophene rings is 1. The van der Waals surface area contributed by atoms with Gasteiger partial charge in [0.15, 0.2) is 0 Å². The Bertz CT molecular complexity index is 934. The van der Waals surface area contributed by atoms with Crippen molar-refractivity contribution < 1.29 is 9.53 Å². The zero-order valence-electron chi connectivity index (χ0n) is 13.9. The maximum atomic E-state index is 12.5. The van der Waals surface area contributed by atoms with Gasteiger partial charge in [-0.3, -0.25) is 9.59 Å². The van der Waals surface area contributed by atoms with Gasteiger partial charge in [-0.1, -0.05) is 30.3 Å². The Morgan fingerprint density at radius 2 is 2.12 bits per heavy atom. The number of ether oxygens (including phenoxy) is 1. The molecule has 0 radical (unpaired) electrons. The van der Waals surface area contributed by atoms with Crippen LogP contribution >= 0.6 is 23.1 Å². The number of carbonyl (C=O) groups excluding carboxylic acids is 1. The number of thioether (sulfide) groups is 1. The standard InChI is InChI=1S/C18H18N2O3S2/c1-3-23-18(22)11(2)24-10-14-19-16(21)15-13(9-25-17(15)20-14)12-7-5-4-6-8-12/h4-9,11H,3,10H2,1-2H3,(H,19,20,21)/t11-/m0/s1. The zero-order chi connectivity index (χ0) is 17.8. The van der Waals surface area contributed by atoms with Crippen molar-refractivity contribution in [3.63, 3.8) is 0 Å². The predicted molar refractivity (Wildman–Crippen MR) is 103 cm³/mol. The normalized spacial score (nSPS) is 12.2. The summed E-state index contributed by atoms with van der Waals surface area (Å²) in [6.45, 7) is 3.93. The van der Waals surface area contributed by atoms with Crippen LogP contribution in [0.1, 0.15) is 19.7 Å². The third kappa shape index (κ3) is 3.93. The maximum Gasteiger partial charge on any atom is 0.318 e. The molecule has 0 aliphatic carbocycles. The van der Waals surface area contributed by atoms with Gasteiger partial charge in [-0.15, -0.1) is 23.1 Å². The van der Waals surface area contributed by atoms with E-state index in [4.69, 9.17) is 4.74 Å². The Balaban J connectivity index is 1.84. The van der Waals surface area contributed by atoms with Crippen LogP contribution < -0.4 is 5.56 Å². The van der Waals surface area contributed by atoms with Crippen molar-refractivity contribution >= 4 is 39.3 Å². The van der Waals surface area contributed by atoms with Gasteiger partial charge in [0.2, 0.25) is 0 Å². The quantitative estimate of drug-likeness (QED) is 0.664. The molecule has 0 unspecified atom stereocenters. The van der Waals surface area contributed by atoms with Gasteiger partial charge >= 0.3 is 5.97 Å². The molecule has 1 aromatic carbocycles. The molecular formula is C18H18N2O3S2. The highest BCUT2D eigenvalue weighted by molar-refractivity contribution is 7.99. The number of hydrogen-bond acceptors (Lipinski definition) is 6. The number of H-pyrrole nitrogens is 1. The molecule has 0 saturated heterocycles. The Morgan fingerprint density at radius 1 is 1.36 bits per heavy atom. The largest absolute Gasteiger partial charge is 0.465 e. The molecule has 2 heterocycles. The summed E-state index contributed by atoms with van der Waals surface area (Å²) in [7, 11) is 0. The lowest BCUT2D eigenvalue weighted by Crippen LogP contribution is -2.18. The van der Waals surface area contributed by atoms with Crippen LogP contribution in [-0.2, 0) is 15.3 Å². The average molecular weight is 374 g/mol. The average Bonchev–Trinajstić information content (AvgIpc) is 3.05. The van der Waals surface area contributed by atoms with Gasteiger partial charge in [-0.05, 0) is 19.4 Å². The lowest BCUT2D eigenvalue weighted by atomic mass is 10.1. The van der Waals surface area contributed by atoms with E-state index in [9.17, 15) is 9.59 Å². The highest BCUT2D eigenvalue weighted by Gasteiger charge is 2.17. The smallest absolute Gasteiger partial charge is 0.318 e. The van der Waals surface area contributed by atoms with Crippen LogP contribution in [0.15, 0.2) is 40.5 Å². The number of hydrogen-bond donors (Lipinski definition) is 1. The molecule has 0 saturated carbocycles. The van der Waals surface area contributed by atoms with E-state index >= 15 is 0 Å². The summed E-state index contributed by atoms with van der Waals surface area (Å²) in [4.78, 5) is 32.3. The predicted octanol–water partition coefficient (Wildman–Crippen LogP) is 3.84. The third-order valence-electron chi connectivity index (χ3n) is 3.67. The number of carbonyl (C=O) groups is 1. The summed E-state index contributed by atoms with van der Waals surface area (Å²) in [6, 6.07) is 9.79. The lowest BCUT2D eigenvalue weighted by molar-refractivity contribution is -0.142. The van der Waals surface area contributed by atoms with E-state index < -0.39 is 0 Å². The van der Waals surface area contributed by atoms with Crippen molar-refractivity contribution in [2.24, 2.45) is 0 Å². The van der Waals surface area contributed by atoms with Crippen molar-refractivity contribution in [2.75, 3.05) is 6.61 Å². The number of aromatic nitrogens is 2. The molecule has 0 fully saturated rings. The van der Waals surface area contributed by atoms with Gasteiger partial charge in [-0.2, -0.15) is 0 Å². The highest BCUT2D eigenvalue weighted by Crippen LogP contribution is 2.30. The molecule has 2 aromatic heterocycles. The van der Waals surface area contributed by atoms with Crippen LogP contribution in [0.2, 0.25) is 0 Å². The first-order valence-corrected chi connectivity index (χ1v) is 9.87. The molecule has 3 aromatic rings. The van der Waals surface area contributed by atoms with E-state index in [0.29, 0.717) is 28.4 Å². The fourth-order valence-corrected chi connectivity index (χ4v) is 4.14. The van der Waals surface area contributed by atoms with Crippen LogP contribution in [0.4, 0.5) is 0 Å². The molecule has 1 N–H and O–H groups in total. The van der Waals surface area contributed by atoms with Crippen LogP contribution in [-0.4, -0.2) is 27.8 Å². The van der Waals surface area contributed by atoms with Crippen LogP contribution in [0.5, 0.6) is 0 Å². The minimum Gasteiger partial charge on any atom is -0.465 e. The molecular weight excluding hydrogens is 356 g/mol. The number of fused-ring (bicyclic) bond motifs is 1. The van der Waals surface area contributed by atoms with Crippen molar-refractivity contribution in [1.29, 1.82) is 0 Å². The van der Waals surface area contributed by atoms with E-state index in [1.165, 1.54) is 23.1 Å². The Kier molecular flexibility index (Phi) is 5.55. The molecule has 25 heavy (non-hydrogen) atoms. The number of esters is 1. The monoisotopic (exact) mass is 374 g/mol. The van der Waals surface area contributed by atoms with Crippen molar-refractivity contribution in [2.45, 2.75) is 24.9 Å². The van der Waals surface area contributed by atoms with Crippen molar-refractivity contribution in [3.8, 4) is 11.1 Å². The first kappa shape index (κ1) is 17.7. The fraction of sp³-hybridized carbons (Fsp3) is 0.278. The minimum atomic E-state index is -0.302. The summed E-state index contributed by atoms with van der Waals surface area (Å²) >= 11 is 2.85. The summed E-state index contributed by atoms with van der Waals surface area (Å²) in [5, 5.41) is 2.27. The van der Waals surface area contributed by atoms with Gasteiger partial charge in [-0.25, -0.2) is 4.98 Å². The van der Waals surface area contributed by atoms with E-state index in [-0.39, 0.29) is 16.8 Å². The third-order valence-corrected chi connectivity index (χ3v) is 5.67. The van der Waals surface area contributed by atoms with Crippen LogP contribution in [0.25, 0.3) is 21.3 Å². The molecule has 0 spiro atoms. The van der Waals surface area contributed by atoms with Gasteiger partial charge in [0.1, 0.15) is 15.9 Å². The zero-order valence-corrected chi connectivity index (χ0v) is 15.6. The molecule has 7 heteroatoms. The summed E-state index contributed by atoms with van der Waals surface area (Å²) in [5.41, 5.74) is 1.75. The van der Waals surface area contributed by atoms with E-state index in [1.807, 2.05) is 35.7 Å². The first-order valence-electron chi connectivity index (χ1n) is 7.94. The van der Waals surface area contributed by atoms with Crippen molar-refractivity contribution in [3.05, 3.63) is 51.9 Å². The fourth-order valence-electron chi connectivity index (χ4n) is 2.42. The second-order valence-electron chi connectivity index (χ2n) is 5.41. The van der Waals surface area contributed by atoms with Gasteiger partial charge in [0, 0.05) is 10.9 Å². The number of rotatable bonds is 6. The van der Waals surface area contributed by atoms with Crippen LogP contribution in [0, 0.1) is 0 Å². The number of nitrogens with one attached hydrogen (secondary N) is 1. The molecule has 5 nitrogen and oxygen atoms in total.